The molecule has 1 amide bonds. The van der Waals surface area contributed by atoms with E-state index in [1.807, 2.05) is 18.5 Å². The first kappa shape index (κ1) is 15.7. The summed E-state index contributed by atoms with van der Waals surface area (Å²) in [5, 5.41) is 2.72. The molecule has 23 heavy (non-hydrogen) atoms. The number of nitrogens with one attached hydrogen (secondary N) is 1. The van der Waals surface area contributed by atoms with Crippen LogP contribution in [-0.4, -0.2) is 35.9 Å². The quantitative estimate of drug-likeness (QED) is 0.888. The Balaban J connectivity index is 1.45. The molecule has 1 fully saturated rings. The van der Waals surface area contributed by atoms with Crippen LogP contribution in [0.1, 0.15) is 16.7 Å². The Morgan fingerprint density at radius 1 is 1.13 bits per heavy atom. The van der Waals surface area contributed by atoms with Crippen molar-refractivity contribution in [3.8, 4) is 0 Å². The second kappa shape index (κ2) is 7.38. The molecule has 1 aromatic carbocycles. The number of hydrogen-bond acceptors (Lipinski definition) is 3. The normalized spacial score (nSPS) is 15.2. The van der Waals surface area contributed by atoms with Crippen molar-refractivity contribution < 1.29 is 4.79 Å². The average Bonchev–Trinajstić information content (AvgIpc) is 2.57. The molecule has 3 rings (SSSR count). The highest BCUT2D eigenvalue weighted by molar-refractivity contribution is 5.79. The number of carbonyl (C=O) groups is 1. The van der Waals surface area contributed by atoms with Crippen molar-refractivity contribution in [3.05, 3.63) is 65.5 Å². The number of aromatic nitrogens is 1. The van der Waals surface area contributed by atoms with Crippen LogP contribution in [0.2, 0.25) is 0 Å². The Morgan fingerprint density at radius 2 is 1.83 bits per heavy atom. The van der Waals surface area contributed by atoms with Crippen molar-refractivity contribution in [3.63, 3.8) is 0 Å². The van der Waals surface area contributed by atoms with Gasteiger partial charge in [0.05, 0.1) is 5.92 Å². The molecule has 0 bridgehead atoms. The summed E-state index contributed by atoms with van der Waals surface area (Å²) in [4.78, 5) is 17.9. The van der Waals surface area contributed by atoms with E-state index in [9.17, 15) is 4.79 Å². The fraction of sp³-hybridized carbons (Fsp3) is 0.368. The van der Waals surface area contributed by atoms with Gasteiger partial charge in [-0.2, -0.15) is 0 Å². The Morgan fingerprint density at radius 3 is 2.48 bits per heavy atom. The smallest absolute Gasteiger partial charge is 0.225 e. The molecular formula is C19H23N3O. The molecule has 120 valence electrons. The standard InChI is InChI=1S/C19H23N3O/c1-20-19(23)18-13-22(14-18)12-17-8-5-15(6-9-17)4-7-16-3-2-10-21-11-16/h2-3,5-6,8-11,18H,4,7,12-14H2,1H3,(H,20,23). The lowest BCUT2D eigenvalue weighted by molar-refractivity contribution is -0.129. The van der Waals surface area contributed by atoms with Crippen molar-refractivity contribution in [1.82, 2.24) is 15.2 Å². The van der Waals surface area contributed by atoms with E-state index in [0.717, 1.165) is 32.5 Å². The van der Waals surface area contributed by atoms with Crippen LogP contribution in [0.3, 0.4) is 0 Å². The third-order valence-corrected chi connectivity index (χ3v) is 4.43. The number of likely N-dealkylation sites (tertiary alicyclic amines) is 1. The molecule has 0 unspecified atom stereocenters. The summed E-state index contributed by atoms with van der Waals surface area (Å²) in [6, 6.07) is 12.9. The van der Waals surface area contributed by atoms with E-state index in [0.29, 0.717) is 0 Å². The number of amides is 1. The van der Waals surface area contributed by atoms with Crippen molar-refractivity contribution in [2.24, 2.45) is 5.92 Å². The van der Waals surface area contributed by atoms with Gasteiger partial charge in [0.2, 0.25) is 5.91 Å². The second-order valence-corrected chi connectivity index (χ2v) is 6.18. The fourth-order valence-corrected chi connectivity index (χ4v) is 2.97. The number of benzene rings is 1. The van der Waals surface area contributed by atoms with E-state index in [2.05, 4.69) is 45.5 Å². The number of carbonyl (C=O) groups excluding carboxylic acids is 1. The molecule has 0 atom stereocenters. The number of pyridine rings is 1. The molecule has 1 N–H and O–H groups in total. The van der Waals surface area contributed by atoms with Crippen LogP contribution in [0.15, 0.2) is 48.8 Å². The highest BCUT2D eigenvalue weighted by Crippen LogP contribution is 2.19. The zero-order valence-corrected chi connectivity index (χ0v) is 13.5. The van der Waals surface area contributed by atoms with E-state index in [4.69, 9.17) is 0 Å². The largest absolute Gasteiger partial charge is 0.359 e. The van der Waals surface area contributed by atoms with Crippen LogP contribution < -0.4 is 5.32 Å². The molecule has 0 spiro atoms. The van der Waals surface area contributed by atoms with Crippen molar-refractivity contribution in [1.29, 1.82) is 0 Å². The molecule has 2 aromatic rings. The second-order valence-electron chi connectivity index (χ2n) is 6.18. The van der Waals surface area contributed by atoms with Crippen LogP contribution in [0.4, 0.5) is 0 Å². The number of rotatable bonds is 6. The summed E-state index contributed by atoms with van der Waals surface area (Å²) >= 11 is 0. The Hall–Kier alpha value is -2.20. The van der Waals surface area contributed by atoms with Crippen LogP contribution in [0.25, 0.3) is 0 Å². The lowest BCUT2D eigenvalue weighted by Crippen LogP contribution is -2.52. The molecule has 1 aliphatic heterocycles. The van der Waals surface area contributed by atoms with E-state index < -0.39 is 0 Å². The predicted octanol–water partition coefficient (Wildman–Crippen LogP) is 2.04. The van der Waals surface area contributed by atoms with Crippen molar-refractivity contribution >= 4 is 5.91 Å². The Bertz CT molecular complexity index is 633. The minimum atomic E-state index is 0.159. The van der Waals surface area contributed by atoms with E-state index in [1.54, 1.807) is 7.05 Å². The molecule has 0 saturated carbocycles. The molecule has 0 aliphatic carbocycles. The third kappa shape index (κ3) is 4.17. The van der Waals surface area contributed by atoms with E-state index in [-0.39, 0.29) is 11.8 Å². The zero-order valence-electron chi connectivity index (χ0n) is 13.5. The molecule has 1 aromatic heterocycles. The fourth-order valence-electron chi connectivity index (χ4n) is 2.97. The van der Waals surface area contributed by atoms with Gasteiger partial charge in [0, 0.05) is 39.1 Å². The first-order valence-electron chi connectivity index (χ1n) is 8.15. The Labute approximate surface area is 137 Å². The molecule has 4 heteroatoms. The van der Waals surface area contributed by atoms with Crippen LogP contribution >= 0.6 is 0 Å². The van der Waals surface area contributed by atoms with E-state index >= 15 is 0 Å². The number of nitrogens with zero attached hydrogens (tertiary/aromatic N) is 2. The number of hydrogen-bond donors (Lipinski definition) is 1. The van der Waals surface area contributed by atoms with Crippen molar-refractivity contribution in [2.45, 2.75) is 19.4 Å². The molecule has 1 saturated heterocycles. The van der Waals surface area contributed by atoms with Gasteiger partial charge in [-0.05, 0) is 35.6 Å². The highest BCUT2D eigenvalue weighted by atomic mass is 16.1. The van der Waals surface area contributed by atoms with Gasteiger partial charge >= 0.3 is 0 Å². The summed E-state index contributed by atoms with van der Waals surface area (Å²) < 4.78 is 0. The van der Waals surface area contributed by atoms with Gasteiger partial charge in [-0.1, -0.05) is 30.3 Å². The van der Waals surface area contributed by atoms with Gasteiger partial charge in [-0.25, -0.2) is 0 Å². The van der Waals surface area contributed by atoms with Crippen LogP contribution in [0.5, 0.6) is 0 Å². The zero-order chi connectivity index (χ0) is 16.1. The summed E-state index contributed by atoms with van der Waals surface area (Å²) in [5.41, 5.74) is 3.94. The molecule has 1 aliphatic rings. The average molecular weight is 309 g/mol. The van der Waals surface area contributed by atoms with Gasteiger partial charge in [-0.15, -0.1) is 0 Å². The molecular weight excluding hydrogens is 286 g/mol. The maximum atomic E-state index is 11.5. The monoisotopic (exact) mass is 309 g/mol. The summed E-state index contributed by atoms with van der Waals surface area (Å²) in [6.45, 7) is 2.65. The molecule has 4 nitrogen and oxygen atoms in total. The minimum absolute atomic E-state index is 0.159. The summed E-state index contributed by atoms with van der Waals surface area (Å²) in [5.74, 6) is 0.325. The van der Waals surface area contributed by atoms with Crippen molar-refractivity contribution in [2.75, 3.05) is 20.1 Å². The first-order valence-corrected chi connectivity index (χ1v) is 8.15. The minimum Gasteiger partial charge on any atom is -0.359 e. The number of aryl methyl sites for hydroxylation is 2. The van der Waals surface area contributed by atoms with Gasteiger partial charge in [0.25, 0.3) is 0 Å². The van der Waals surface area contributed by atoms with Gasteiger partial charge in [0.15, 0.2) is 0 Å². The van der Waals surface area contributed by atoms with Crippen LogP contribution in [-0.2, 0) is 24.2 Å². The molecule has 2 heterocycles. The van der Waals surface area contributed by atoms with Gasteiger partial charge in [-0.3, -0.25) is 14.7 Å². The lowest BCUT2D eigenvalue weighted by atomic mass is 9.98. The van der Waals surface area contributed by atoms with Gasteiger partial charge < -0.3 is 5.32 Å². The maximum absolute atomic E-state index is 11.5. The summed E-state index contributed by atoms with van der Waals surface area (Å²) in [7, 11) is 1.70. The third-order valence-electron chi connectivity index (χ3n) is 4.43. The first-order chi connectivity index (χ1) is 11.2. The lowest BCUT2D eigenvalue weighted by Gasteiger charge is -2.38. The predicted molar refractivity (Wildman–Crippen MR) is 90.9 cm³/mol. The van der Waals surface area contributed by atoms with E-state index in [1.165, 1.54) is 16.7 Å². The Kier molecular flexibility index (Phi) is 5.03. The highest BCUT2D eigenvalue weighted by Gasteiger charge is 2.31. The maximum Gasteiger partial charge on any atom is 0.225 e. The SMILES string of the molecule is CNC(=O)C1CN(Cc2ccc(CCc3cccnc3)cc2)C1. The topological polar surface area (TPSA) is 45.2 Å². The van der Waals surface area contributed by atoms with Crippen LogP contribution in [0, 0.1) is 5.92 Å². The molecule has 0 radical (unpaired) electrons. The van der Waals surface area contributed by atoms with Gasteiger partial charge in [0.1, 0.15) is 0 Å². The summed E-state index contributed by atoms with van der Waals surface area (Å²) in [6.07, 6.45) is 5.80.